The van der Waals surface area contributed by atoms with E-state index < -0.39 is 35.3 Å². The molecule has 0 aliphatic carbocycles. The molecular weight excluding hydrogens is 547 g/mol. The number of carbonyl (C=O) groups excluding carboxylic acids is 1. The molecule has 4 rings (SSSR count). The molecule has 188 valence electrons. The molecule has 2 amide bonds. The quantitative estimate of drug-likeness (QED) is 0.211. The maximum atomic E-state index is 15.4. The highest BCUT2D eigenvalue weighted by atomic mass is 79.9. The minimum absolute atomic E-state index is 0.0848. The number of nitrogens with zero attached hydrogens (tertiary/aromatic N) is 1. The van der Waals surface area contributed by atoms with E-state index in [0.717, 1.165) is 27.8 Å². The Morgan fingerprint density at radius 2 is 1.89 bits per heavy atom. The lowest BCUT2D eigenvalue weighted by molar-refractivity contribution is 0.0901. The summed E-state index contributed by atoms with van der Waals surface area (Å²) in [5.74, 6) is -1.27. The summed E-state index contributed by atoms with van der Waals surface area (Å²) in [5, 5.41) is 15.8. The van der Waals surface area contributed by atoms with Gasteiger partial charge in [0.25, 0.3) is 5.91 Å². The number of nitrogens with one attached hydrogen (secondary N) is 3. The molecule has 0 aliphatic rings. The molecule has 0 spiro atoms. The Morgan fingerprint density at radius 3 is 2.56 bits per heavy atom. The zero-order valence-corrected chi connectivity index (χ0v) is 22.3. The van der Waals surface area contributed by atoms with E-state index in [1.165, 1.54) is 0 Å². The van der Waals surface area contributed by atoms with E-state index in [4.69, 9.17) is 0 Å². The van der Waals surface area contributed by atoms with Gasteiger partial charge in [-0.15, -0.1) is 11.3 Å². The molecule has 0 radical (unpaired) electrons. The molecule has 2 unspecified atom stereocenters. The van der Waals surface area contributed by atoms with Crippen molar-refractivity contribution in [3.8, 4) is 10.4 Å². The molecule has 36 heavy (non-hydrogen) atoms. The van der Waals surface area contributed by atoms with Crippen LogP contribution in [0.2, 0.25) is 0 Å². The smallest absolute Gasteiger partial charge is 0.404 e. The van der Waals surface area contributed by atoms with Gasteiger partial charge in [-0.25, -0.2) is 14.2 Å². The van der Waals surface area contributed by atoms with Crippen LogP contribution in [0.1, 0.15) is 36.0 Å². The van der Waals surface area contributed by atoms with Crippen LogP contribution in [0, 0.1) is 11.2 Å². The number of halogens is 2. The molecule has 0 saturated carbocycles. The number of carbonyl (C=O) groups is 2. The number of hydrogen-bond donors (Lipinski definition) is 4. The molecular formula is C26H26BrFN4O3S. The average molecular weight is 573 g/mol. The van der Waals surface area contributed by atoms with E-state index in [9.17, 15) is 14.7 Å². The Hall–Kier alpha value is -3.24. The Labute approximate surface area is 220 Å². The van der Waals surface area contributed by atoms with Gasteiger partial charge in [-0.05, 0) is 45.5 Å². The van der Waals surface area contributed by atoms with Crippen molar-refractivity contribution in [1.29, 1.82) is 0 Å². The van der Waals surface area contributed by atoms with E-state index in [1.807, 2.05) is 57.2 Å². The molecule has 4 N–H and O–H groups in total. The lowest BCUT2D eigenvalue weighted by Gasteiger charge is -2.37. The first-order valence-electron chi connectivity index (χ1n) is 11.3. The van der Waals surface area contributed by atoms with Crippen LogP contribution in [0.5, 0.6) is 0 Å². The molecule has 10 heteroatoms. The van der Waals surface area contributed by atoms with Crippen LogP contribution in [-0.2, 0) is 6.42 Å². The van der Waals surface area contributed by atoms with Crippen molar-refractivity contribution in [1.82, 2.24) is 20.6 Å². The van der Waals surface area contributed by atoms with Crippen LogP contribution in [0.4, 0.5) is 9.18 Å². The standard InChI is InChI=1S/C26H26BrFN4O3S/c1-26(2,3)22(32-25(34)35)17(13-14-7-5-4-6-8-14)31-24(33)21-19(28)18(27)20(36-21)15-9-11-29-23-16(15)10-12-30-23/h4-12,17,22,32H,13H2,1-3H3,(H,29,30)(H,31,33)(H,34,35). The van der Waals surface area contributed by atoms with Crippen LogP contribution >= 0.6 is 27.3 Å². The van der Waals surface area contributed by atoms with Crippen molar-refractivity contribution in [2.24, 2.45) is 5.41 Å². The number of H-pyrrole nitrogens is 1. The average Bonchev–Trinajstić information content (AvgIpc) is 3.42. The number of amides is 2. The highest BCUT2D eigenvalue weighted by Crippen LogP contribution is 2.42. The third-order valence-corrected chi connectivity index (χ3v) is 8.14. The number of rotatable bonds is 7. The third kappa shape index (κ3) is 5.44. The maximum absolute atomic E-state index is 15.4. The van der Waals surface area contributed by atoms with E-state index in [2.05, 4.69) is 36.5 Å². The van der Waals surface area contributed by atoms with E-state index in [0.29, 0.717) is 16.9 Å². The van der Waals surface area contributed by atoms with E-state index >= 15 is 4.39 Å². The summed E-state index contributed by atoms with van der Waals surface area (Å²) in [4.78, 5) is 32.8. The van der Waals surface area contributed by atoms with Crippen LogP contribution in [0.15, 0.2) is 59.3 Å². The summed E-state index contributed by atoms with van der Waals surface area (Å²) < 4.78 is 15.6. The summed E-state index contributed by atoms with van der Waals surface area (Å²) in [6, 6.07) is 11.8. The summed E-state index contributed by atoms with van der Waals surface area (Å²) in [5.41, 5.74) is 1.80. The fraction of sp³-hybridized carbons (Fsp3) is 0.269. The monoisotopic (exact) mass is 572 g/mol. The Bertz CT molecular complexity index is 1400. The largest absolute Gasteiger partial charge is 0.465 e. The number of hydrogen-bond acceptors (Lipinski definition) is 4. The second-order valence-corrected chi connectivity index (χ2v) is 11.4. The number of benzene rings is 1. The van der Waals surface area contributed by atoms with Crippen molar-refractivity contribution in [3.63, 3.8) is 0 Å². The molecule has 7 nitrogen and oxygen atoms in total. The number of fused-ring (bicyclic) bond motifs is 1. The lowest BCUT2D eigenvalue weighted by atomic mass is 9.80. The first-order valence-corrected chi connectivity index (χ1v) is 12.9. The van der Waals surface area contributed by atoms with Crippen molar-refractivity contribution in [3.05, 3.63) is 75.6 Å². The predicted molar refractivity (Wildman–Crippen MR) is 143 cm³/mol. The Kier molecular flexibility index (Phi) is 7.46. The number of aromatic amines is 1. The highest BCUT2D eigenvalue weighted by molar-refractivity contribution is 9.10. The minimum atomic E-state index is -1.19. The number of aromatic nitrogens is 2. The van der Waals surface area contributed by atoms with Gasteiger partial charge in [0.1, 0.15) is 10.5 Å². The van der Waals surface area contributed by atoms with Gasteiger partial charge in [0.15, 0.2) is 5.82 Å². The molecule has 0 fully saturated rings. The van der Waals surface area contributed by atoms with Gasteiger partial charge >= 0.3 is 6.09 Å². The summed E-state index contributed by atoms with van der Waals surface area (Å²) >= 11 is 4.36. The fourth-order valence-electron chi connectivity index (χ4n) is 4.28. The van der Waals surface area contributed by atoms with Crippen molar-refractivity contribution in [2.75, 3.05) is 0 Å². The molecule has 3 aromatic heterocycles. The van der Waals surface area contributed by atoms with Crippen LogP contribution in [0.3, 0.4) is 0 Å². The number of pyridine rings is 1. The molecule has 0 bridgehead atoms. The van der Waals surface area contributed by atoms with Gasteiger partial charge in [0.2, 0.25) is 0 Å². The number of thiophene rings is 1. The van der Waals surface area contributed by atoms with Crippen LogP contribution in [-0.4, -0.2) is 39.2 Å². The van der Waals surface area contributed by atoms with E-state index in [1.54, 1.807) is 18.5 Å². The molecule has 3 heterocycles. The van der Waals surface area contributed by atoms with Crippen molar-refractivity contribution >= 4 is 50.3 Å². The zero-order valence-electron chi connectivity index (χ0n) is 19.9. The highest BCUT2D eigenvalue weighted by Gasteiger charge is 2.36. The predicted octanol–water partition coefficient (Wildman–Crippen LogP) is 6.22. The van der Waals surface area contributed by atoms with Gasteiger partial charge in [-0.2, -0.15) is 0 Å². The maximum Gasteiger partial charge on any atom is 0.404 e. The van der Waals surface area contributed by atoms with Gasteiger partial charge in [-0.1, -0.05) is 51.1 Å². The summed E-state index contributed by atoms with van der Waals surface area (Å²) in [7, 11) is 0. The Morgan fingerprint density at radius 1 is 1.17 bits per heavy atom. The number of carboxylic acid groups (broad SMARTS) is 1. The second kappa shape index (κ2) is 10.4. The van der Waals surface area contributed by atoms with Crippen molar-refractivity contribution in [2.45, 2.75) is 39.3 Å². The van der Waals surface area contributed by atoms with Gasteiger partial charge < -0.3 is 20.7 Å². The van der Waals surface area contributed by atoms with Crippen molar-refractivity contribution < 1.29 is 19.1 Å². The molecule has 2 atom stereocenters. The summed E-state index contributed by atoms with van der Waals surface area (Å²) in [6.45, 7) is 5.68. The molecule has 1 aromatic carbocycles. The van der Waals surface area contributed by atoms with Gasteiger partial charge in [0, 0.05) is 23.3 Å². The molecule has 0 saturated heterocycles. The zero-order chi connectivity index (χ0) is 26.0. The molecule has 4 aromatic rings. The summed E-state index contributed by atoms with van der Waals surface area (Å²) in [6.07, 6.45) is 2.55. The normalized spacial score (nSPS) is 13.4. The van der Waals surface area contributed by atoms with Crippen LogP contribution < -0.4 is 10.6 Å². The first-order chi connectivity index (χ1) is 17.1. The minimum Gasteiger partial charge on any atom is -0.465 e. The topological polar surface area (TPSA) is 107 Å². The Balaban J connectivity index is 1.70. The molecule has 0 aliphatic heterocycles. The SMILES string of the molecule is CC(C)(C)C(NC(=O)O)C(Cc1ccccc1)NC(=O)c1sc(-c2ccnc3[nH]ccc23)c(Br)c1F. The first kappa shape index (κ1) is 25.8. The lowest BCUT2D eigenvalue weighted by Crippen LogP contribution is -2.58. The fourth-order valence-corrected chi connectivity index (χ4v) is 6.08. The van der Waals surface area contributed by atoms with Gasteiger partial charge in [0.05, 0.1) is 21.4 Å². The van der Waals surface area contributed by atoms with E-state index in [-0.39, 0.29) is 9.35 Å². The second-order valence-electron chi connectivity index (χ2n) is 9.55. The third-order valence-electron chi connectivity index (χ3n) is 5.94. The van der Waals surface area contributed by atoms with Crippen LogP contribution in [0.25, 0.3) is 21.5 Å². The van der Waals surface area contributed by atoms with Gasteiger partial charge in [-0.3, -0.25) is 4.79 Å².